The number of likely N-dealkylation sites (N-methyl/N-ethyl adjacent to an activating group) is 1. The fourth-order valence-corrected chi connectivity index (χ4v) is 3.39. The van der Waals surface area contributed by atoms with Gasteiger partial charge in [0.2, 0.25) is 0 Å². The van der Waals surface area contributed by atoms with E-state index in [4.69, 9.17) is 0 Å². The first-order chi connectivity index (χ1) is 10.2. The topological polar surface area (TPSA) is 42.7 Å². The van der Waals surface area contributed by atoms with Crippen LogP contribution in [0.1, 0.15) is 37.7 Å². The minimum atomic E-state index is 0.235. The molecule has 0 aliphatic carbocycles. The van der Waals surface area contributed by atoms with Crippen LogP contribution >= 0.6 is 38.5 Å². The van der Waals surface area contributed by atoms with Gasteiger partial charge in [0, 0.05) is 27.1 Å². The van der Waals surface area contributed by atoms with E-state index in [1.807, 2.05) is 4.68 Å². The molecule has 21 heavy (non-hydrogen) atoms. The van der Waals surface area contributed by atoms with Crippen molar-refractivity contribution in [2.75, 3.05) is 6.54 Å². The Balaban J connectivity index is 2.26. The summed E-state index contributed by atoms with van der Waals surface area (Å²) in [6, 6.07) is 6.67. The summed E-state index contributed by atoms with van der Waals surface area (Å²) < 4.78 is 4.38. The van der Waals surface area contributed by atoms with Gasteiger partial charge < -0.3 is 5.32 Å². The number of nitrogens with one attached hydrogen (secondary N) is 1. The summed E-state index contributed by atoms with van der Waals surface area (Å²) in [4.78, 5) is 4.43. The molecule has 1 heterocycles. The summed E-state index contributed by atoms with van der Waals surface area (Å²) in [5.41, 5.74) is 1.27. The van der Waals surface area contributed by atoms with Crippen molar-refractivity contribution in [1.29, 1.82) is 0 Å². The quantitative estimate of drug-likeness (QED) is 0.633. The molecule has 0 saturated heterocycles. The standard InChI is InChI=1S/C15H20BrIN4/c1-3-7-21-15(19-10-20-21)9-14(18-4-2)12-8-11(17)5-6-13(12)16/h5-6,8,10,14,18H,3-4,7,9H2,1-2H3. The lowest BCUT2D eigenvalue weighted by Crippen LogP contribution is -2.25. The molecule has 0 saturated carbocycles. The van der Waals surface area contributed by atoms with Gasteiger partial charge in [-0.15, -0.1) is 0 Å². The van der Waals surface area contributed by atoms with Crippen molar-refractivity contribution in [1.82, 2.24) is 20.1 Å². The largest absolute Gasteiger partial charge is 0.310 e. The highest BCUT2D eigenvalue weighted by atomic mass is 127. The Kier molecular flexibility index (Phi) is 6.63. The highest BCUT2D eigenvalue weighted by Crippen LogP contribution is 2.27. The molecule has 0 bridgehead atoms. The van der Waals surface area contributed by atoms with Gasteiger partial charge in [-0.3, -0.25) is 4.68 Å². The van der Waals surface area contributed by atoms with Gasteiger partial charge in [-0.05, 0) is 59.3 Å². The van der Waals surface area contributed by atoms with Gasteiger partial charge in [-0.25, -0.2) is 4.98 Å². The zero-order chi connectivity index (χ0) is 15.2. The van der Waals surface area contributed by atoms with Crippen molar-refractivity contribution in [3.8, 4) is 0 Å². The molecule has 1 aromatic heterocycles. The van der Waals surface area contributed by atoms with Gasteiger partial charge in [-0.2, -0.15) is 5.10 Å². The molecular weight excluding hydrogens is 443 g/mol. The molecule has 1 atom stereocenters. The van der Waals surface area contributed by atoms with E-state index in [1.165, 1.54) is 9.13 Å². The van der Waals surface area contributed by atoms with Crippen molar-refractivity contribution in [2.45, 2.75) is 39.3 Å². The molecule has 0 amide bonds. The first kappa shape index (κ1) is 16.9. The molecule has 2 rings (SSSR count). The van der Waals surface area contributed by atoms with Crippen molar-refractivity contribution in [3.05, 3.63) is 44.0 Å². The van der Waals surface area contributed by atoms with E-state index in [9.17, 15) is 0 Å². The SMILES string of the molecule is CCCn1ncnc1CC(NCC)c1cc(I)ccc1Br. The lowest BCUT2D eigenvalue weighted by Gasteiger charge is -2.20. The third kappa shape index (κ3) is 4.50. The normalized spacial score (nSPS) is 12.6. The molecule has 6 heteroatoms. The summed E-state index contributed by atoms with van der Waals surface area (Å²) in [6.07, 6.45) is 3.56. The number of rotatable bonds is 7. The van der Waals surface area contributed by atoms with Crippen LogP contribution in [0.5, 0.6) is 0 Å². The first-order valence-electron chi connectivity index (χ1n) is 7.20. The lowest BCUT2D eigenvalue weighted by atomic mass is 10.0. The molecule has 2 aromatic rings. The summed E-state index contributed by atoms with van der Waals surface area (Å²) in [5.74, 6) is 1.04. The molecule has 0 spiro atoms. The monoisotopic (exact) mass is 462 g/mol. The van der Waals surface area contributed by atoms with Crippen LogP contribution in [0.15, 0.2) is 29.0 Å². The van der Waals surface area contributed by atoms with E-state index in [-0.39, 0.29) is 6.04 Å². The minimum Gasteiger partial charge on any atom is -0.310 e. The van der Waals surface area contributed by atoms with E-state index in [0.29, 0.717) is 0 Å². The molecular formula is C15H20BrIN4. The van der Waals surface area contributed by atoms with Crippen LogP contribution < -0.4 is 5.32 Å². The van der Waals surface area contributed by atoms with Crippen LogP contribution in [-0.2, 0) is 13.0 Å². The number of halogens is 2. The number of hydrogen-bond acceptors (Lipinski definition) is 3. The Morgan fingerprint density at radius 2 is 2.19 bits per heavy atom. The second-order valence-corrected chi connectivity index (χ2v) is 6.98. The fourth-order valence-electron chi connectivity index (χ4n) is 2.35. The molecule has 0 aliphatic heterocycles. The Morgan fingerprint density at radius 3 is 2.90 bits per heavy atom. The number of benzene rings is 1. The molecule has 1 aromatic carbocycles. The van der Waals surface area contributed by atoms with E-state index in [2.05, 4.69) is 86.0 Å². The number of hydrogen-bond donors (Lipinski definition) is 1. The van der Waals surface area contributed by atoms with Gasteiger partial charge in [0.05, 0.1) is 0 Å². The predicted octanol–water partition coefficient (Wildman–Crippen LogP) is 3.95. The van der Waals surface area contributed by atoms with Crippen molar-refractivity contribution < 1.29 is 0 Å². The zero-order valence-electron chi connectivity index (χ0n) is 12.3. The third-order valence-corrected chi connectivity index (χ3v) is 4.69. The zero-order valence-corrected chi connectivity index (χ0v) is 16.1. The Bertz CT molecular complexity index is 585. The van der Waals surface area contributed by atoms with E-state index >= 15 is 0 Å². The van der Waals surface area contributed by atoms with E-state index in [0.717, 1.165) is 36.2 Å². The van der Waals surface area contributed by atoms with Crippen LogP contribution in [-0.4, -0.2) is 21.3 Å². The van der Waals surface area contributed by atoms with Crippen LogP contribution in [0.2, 0.25) is 0 Å². The second-order valence-electron chi connectivity index (χ2n) is 4.88. The number of aromatic nitrogens is 3. The van der Waals surface area contributed by atoms with E-state index < -0.39 is 0 Å². The fraction of sp³-hybridized carbons (Fsp3) is 0.467. The third-order valence-electron chi connectivity index (χ3n) is 3.30. The van der Waals surface area contributed by atoms with Gasteiger partial charge in [0.15, 0.2) is 0 Å². The molecule has 114 valence electrons. The maximum atomic E-state index is 4.43. The van der Waals surface area contributed by atoms with Crippen molar-refractivity contribution in [2.24, 2.45) is 0 Å². The smallest absolute Gasteiger partial charge is 0.138 e. The summed E-state index contributed by atoms with van der Waals surface area (Å²) in [5, 5.41) is 7.88. The van der Waals surface area contributed by atoms with Crippen LogP contribution in [0.3, 0.4) is 0 Å². The van der Waals surface area contributed by atoms with Crippen LogP contribution in [0, 0.1) is 3.57 Å². The highest BCUT2D eigenvalue weighted by Gasteiger charge is 2.17. The Labute approximate surface area is 148 Å². The summed E-state index contributed by atoms with van der Waals surface area (Å²) in [6.45, 7) is 6.13. The number of nitrogens with zero attached hydrogens (tertiary/aromatic N) is 3. The van der Waals surface area contributed by atoms with Gasteiger partial charge >= 0.3 is 0 Å². The summed E-state index contributed by atoms with van der Waals surface area (Å²) in [7, 11) is 0. The molecule has 1 unspecified atom stereocenters. The van der Waals surface area contributed by atoms with Crippen molar-refractivity contribution >= 4 is 38.5 Å². The number of aryl methyl sites for hydroxylation is 1. The molecule has 4 nitrogen and oxygen atoms in total. The average molecular weight is 463 g/mol. The molecule has 1 N–H and O–H groups in total. The highest BCUT2D eigenvalue weighted by molar-refractivity contribution is 14.1. The van der Waals surface area contributed by atoms with Gasteiger partial charge in [-0.1, -0.05) is 29.8 Å². The average Bonchev–Trinajstić information content (AvgIpc) is 2.89. The van der Waals surface area contributed by atoms with Gasteiger partial charge in [0.1, 0.15) is 12.2 Å². The molecule has 0 fully saturated rings. The maximum Gasteiger partial charge on any atom is 0.138 e. The second kappa shape index (κ2) is 8.24. The van der Waals surface area contributed by atoms with Gasteiger partial charge in [0.25, 0.3) is 0 Å². The van der Waals surface area contributed by atoms with Crippen LogP contribution in [0.25, 0.3) is 0 Å². The van der Waals surface area contributed by atoms with Crippen LogP contribution in [0.4, 0.5) is 0 Å². The molecule has 0 radical (unpaired) electrons. The first-order valence-corrected chi connectivity index (χ1v) is 9.07. The Morgan fingerprint density at radius 1 is 1.38 bits per heavy atom. The summed E-state index contributed by atoms with van der Waals surface area (Å²) >= 11 is 6.02. The molecule has 0 aliphatic rings. The minimum absolute atomic E-state index is 0.235. The van der Waals surface area contributed by atoms with Crippen molar-refractivity contribution in [3.63, 3.8) is 0 Å². The Hall–Kier alpha value is -0.470. The van der Waals surface area contributed by atoms with E-state index in [1.54, 1.807) is 6.33 Å². The predicted molar refractivity (Wildman–Crippen MR) is 97.3 cm³/mol. The maximum absolute atomic E-state index is 4.43. The lowest BCUT2D eigenvalue weighted by molar-refractivity contribution is 0.497.